The molecule has 0 radical (unpaired) electrons. The summed E-state index contributed by atoms with van der Waals surface area (Å²) in [4.78, 5) is 5.22. The molecule has 0 aliphatic carbocycles. The first-order valence-corrected chi connectivity index (χ1v) is 18.2. The SMILES string of the molecule is Cc1ccc(S(=O)(=O)N2CCCCCCCCN(S(=O)(=O)c3ccc(C)cc3)Cc3ncc(c4c3OC(C)(C)OC4)C2)cc1. The molecule has 2 aliphatic rings. The van der Waals surface area contributed by atoms with Gasteiger partial charge < -0.3 is 9.47 Å². The highest BCUT2D eigenvalue weighted by molar-refractivity contribution is 7.89. The van der Waals surface area contributed by atoms with Crippen molar-refractivity contribution in [3.63, 3.8) is 0 Å². The van der Waals surface area contributed by atoms with Gasteiger partial charge in [-0.3, -0.25) is 4.98 Å². The van der Waals surface area contributed by atoms with Gasteiger partial charge in [-0.1, -0.05) is 61.1 Å². The maximum Gasteiger partial charge on any atom is 0.243 e. The maximum absolute atomic E-state index is 13.9. The number of hydrogen-bond donors (Lipinski definition) is 0. The van der Waals surface area contributed by atoms with Crippen molar-refractivity contribution in [2.24, 2.45) is 0 Å². The van der Waals surface area contributed by atoms with Crippen LogP contribution in [0.1, 0.15) is 80.3 Å². The Morgan fingerprint density at radius 3 is 1.70 bits per heavy atom. The van der Waals surface area contributed by atoms with Gasteiger partial charge in [-0.25, -0.2) is 16.8 Å². The Morgan fingerprint density at radius 2 is 1.18 bits per heavy atom. The van der Waals surface area contributed by atoms with Crippen LogP contribution in [0.3, 0.4) is 0 Å². The van der Waals surface area contributed by atoms with E-state index in [9.17, 15) is 16.8 Å². The topological polar surface area (TPSA) is 106 Å². The summed E-state index contributed by atoms with van der Waals surface area (Å²) < 4.78 is 71.0. The number of pyridine rings is 1. The molecular formula is C33H43N3O6S2. The molecule has 0 saturated carbocycles. The molecule has 0 amide bonds. The largest absolute Gasteiger partial charge is 0.461 e. The van der Waals surface area contributed by atoms with Gasteiger partial charge >= 0.3 is 0 Å². The summed E-state index contributed by atoms with van der Waals surface area (Å²) >= 11 is 0. The summed E-state index contributed by atoms with van der Waals surface area (Å²) in [5.74, 6) is -0.500. The van der Waals surface area contributed by atoms with Crippen LogP contribution >= 0.6 is 0 Å². The lowest BCUT2D eigenvalue weighted by Crippen LogP contribution is -2.38. The molecule has 44 heavy (non-hydrogen) atoms. The Balaban J connectivity index is 1.57. The molecule has 0 atom stereocenters. The molecule has 3 heterocycles. The number of aryl methyl sites for hydroxylation is 2. The van der Waals surface area contributed by atoms with E-state index in [0.29, 0.717) is 48.5 Å². The van der Waals surface area contributed by atoms with Crippen molar-refractivity contribution >= 4 is 20.0 Å². The van der Waals surface area contributed by atoms with Crippen molar-refractivity contribution in [2.75, 3.05) is 13.1 Å². The number of fused-ring (bicyclic) bond motifs is 6. The molecule has 0 N–H and O–H groups in total. The summed E-state index contributed by atoms with van der Waals surface area (Å²) in [5, 5.41) is 0. The predicted octanol–water partition coefficient (Wildman–Crippen LogP) is 6.08. The van der Waals surface area contributed by atoms with Crippen molar-refractivity contribution in [3.05, 3.63) is 82.7 Å². The number of rotatable bonds is 4. The van der Waals surface area contributed by atoms with Gasteiger partial charge in [-0.05, 0) is 56.5 Å². The van der Waals surface area contributed by atoms with Gasteiger partial charge in [-0.15, -0.1) is 0 Å². The number of hydrogen-bond acceptors (Lipinski definition) is 7. The Labute approximate surface area is 262 Å². The van der Waals surface area contributed by atoms with E-state index in [-0.39, 0.29) is 29.5 Å². The number of benzene rings is 2. The summed E-state index contributed by atoms with van der Waals surface area (Å²) in [7, 11) is -7.61. The molecule has 11 heteroatoms. The first-order valence-electron chi connectivity index (χ1n) is 15.3. The Hall–Kier alpha value is -2.83. The Morgan fingerprint density at radius 1 is 0.705 bits per heavy atom. The molecule has 2 bridgehead atoms. The molecule has 2 aliphatic heterocycles. The second-order valence-corrected chi connectivity index (χ2v) is 16.1. The minimum absolute atomic E-state index is 0.0281. The van der Waals surface area contributed by atoms with E-state index < -0.39 is 25.8 Å². The fourth-order valence-electron chi connectivity index (χ4n) is 5.59. The van der Waals surface area contributed by atoms with Crippen LogP contribution in [-0.4, -0.2) is 49.3 Å². The van der Waals surface area contributed by atoms with E-state index in [4.69, 9.17) is 14.5 Å². The third-order valence-corrected chi connectivity index (χ3v) is 12.0. The standard InChI is InChI=1S/C33H43N3O6S2/c1-25-11-15-28(16-12-25)43(37,38)35-19-9-7-5-6-8-10-20-36(44(39,40)29-17-13-26(2)14-18-29)23-31-32-30(27(22-35)21-34-31)24-41-33(3,4)42-32/h11-18,21H,5-10,19-20,22-24H2,1-4H3. The van der Waals surface area contributed by atoms with Crippen LogP contribution in [0, 0.1) is 13.8 Å². The van der Waals surface area contributed by atoms with E-state index >= 15 is 0 Å². The van der Waals surface area contributed by atoms with E-state index in [1.165, 1.54) is 8.61 Å². The number of sulfonamides is 2. The van der Waals surface area contributed by atoms with Crippen molar-refractivity contribution in [1.82, 2.24) is 13.6 Å². The summed E-state index contributed by atoms with van der Waals surface area (Å²) in [6.45, 7) is 8.51. The summed E-state index contributed by atoms with van der Waals surface area (Å²) in [5.41, 5.74) is 3.82. The monoisotopic (exact) mass is 641 g/mol. The van der Waals surface area contributed by atoms with Gasteiger partial charge in [0.15, 0.2) is 5.75 Å². The smallest absolute Gasteiger partial charge is 0.243 e. The number of nitrogens with zero attached hydrogens (tertiary/aromatic N) is 3. The molecule has 2 aromatic carbocycles. The molecule has 0 fully saturated rings. The van der Waals surface area contributed by atoms with E-state index in [1.54, 1.807) is 56.4 Å². The molecule has 5 rings (SSSR count). The summed E-state index contributed by atoms with van der Waals surface area (Å²) in [6.07, 6.45) is 6.71. The normalized spacial score (nSPS) is 19.3. The number of ether oxygens (including phenoxy) is 2. The van der Waals surface area contributed by atoms with Crippen molar-refractivity contribution < 1.29 is 26.3 Å². The molecule has 0 unspecified atom stereocenters. The lowest BCUT2D eigenvalue weighted by molar-refractivity contribution is -0.181. The fourth-order valence-corrected chi connectivity index (χ4v) is 8.49. The van der Waals surface area contributed by atoms with Crippen LogP contribution in [0.25, 0.3) is 0 Å². The van der Waals surface area contributed by atoms with Gasteiger partial charge in [-0.2, -0.15) is 8.61 Å². The zero-order valence-corrected chi connectivity index (χ0v) is 27.7. The van der Waals surface area contributed by atoms with Crippen LogP contribution in [0.5, 0.6) is 5.75 Å². The van der Waals surface area contributed by atoms with Crippen LogP contribution in [0.2, 0.25) is 0 Å². The van der Waals surface area contributed by atoms with Crippen molar-refractivity contribution in [2.45, 2.75) is 101 Å². The van der Waals surface area contributed by atoms with Gasteiger partial charge in [0, 0.05) is 45.2 Å². The molecule has 238 valence electrons. The van der Waals surface area contributed by atoms with Crippen LogP contribution in [0.4, 0.5) is 0 Å². The van der Waals surface area contributed by atoms with Gasteiger partial charge in [0.1, 0.15) is 0 Å². The van der Waals surface area contributed by atoms with Crippen molar-refractivity contribution in [1.29, 1.82) is 0 Å². The first kappa shape index (κ1) is 32.6. The quantitative estimate of drug-likeness (QED) is 0.340. The third-order valence-electron chi connectivity index (χ3n) is 8.27. The Bertz CT molecular complexity index is 1670. The van der Waals surface area contributed by atoms with Gasteiger partial charge in [0.25, 0.3) is 0 Å². The molecule has 9 nitrogen and oxygen atoms in total. The van der Waals surface area contributed by atoms with E-state index in [1.807, 2.05) is 26.0 Å². The lowest BCUT2D eigenvalue weighted by Gasteiger charge is -2.35. The zero-order valence-electron chi connectivity index (χ0n) is 26.1. The fraction of sp³-hybridized carbons (Fsp3) is 0.485. The summed E-state index contributed by atoms with van der Waals surface area (Å²) in [6, 6.07) is 13.8. The predicted molar refractivity (Wildman–Crippen MR) is 169 cm³/mol. The zero-order chi connectivity index (χ0) is 31.5. The van der Waals surface area contributed by atoms with Crippen LogP contribution in [-0.2, 0) is 44.5 Å². The third kappa shape index (κ3) is 7.34. The highest BCUT2D eigenvalue weighted by atomic mass is 32.2. The molecule has 0 saturated heterocycles. The van der Waals surface area contributed by atoms with Crippen LogP contribution in [0.15, 0.2) is 64.5 Å². The molecule has 1 aromatic heterocycles. The van der Waals surface area contributed by atoms with Crippen molar-refractivity contribution in [3.8, 4) is 5.75 Å². The van der Waals surface area contributed by atoms with E-state index in [2.05, 4.69) is 0 Å². The minimum Gasteiger partial charge on any atom is -0.461 e. The highest BCUT2D eigenvalue weighted by Crippen LogP contribution is 2.38. The molecule has 3 aromatic rings. The lowest BCUT2D eigenvalue weighted by atomic mass is 10.1. The molecule has 0 spiro atoms. The second kappa shape index (κ2) is 13.3. The maximum atomic E-state index is 13.9. The highest BCUT2D eigenvalue weighted by Gasteiger charge is 2.35. The average molecular weight is 642 g/mol. The first-order chi connectivity index (χ1) is 20.9. The van der Waals surface area contributed by atoms with Gasteiger partial charge in [0.05, 0.1) is 28.6 Å². The van der Waals surface area contributed by atoms with E-state index in [0.717, 1.165) is 36.8 Å². The second-order valence-electron chi connectivity index (χ2n) is 12.3. The average Bonchev–Trinajstić information content (AvgIpc) is 2.97. The van der Waals surface area contributed by atoms with Gasteiger partial charge in [0.2, 0.25) is 25.8 Å². The molecular weight excluding hydrogens is 599 g/mol. The van der Waals surface area contributed by atoms with Crippen LogP contribution < -0.4 is 4.74 Å². The minimum atomic E-state index is -3.82. The Kier molecular flexibility index (Phi) is 9.81. The number of aromatic nitrogens is 1.